The van der Waals surface area contributed by atoms with Gasteiger partial charge >= 0.3 is 0 Å². The van der Waals surface area contributed by atoms with Gasteiger partial charge in [-0.15, -0.1) is 0 Å². The normalized spacial score (nSPS) is 16.5. The van der Waals surface area contributed by atoms with Crippen molar-refractivity contribution in [2.24, 2.45) is 0 Å². The fourth-order valence-electron chi connectivity index (χ4n) is 1.77. The molecule has 5 nitrogen and oxygen atoms in total. The number of hydrogen-bond acceptors (Lipinski definition) is 4. The number of carbonyl (C=O) groups excluding carboxylic acids is 1. The first-order valence-corrected chi connectivity index (χ1v) is 6.94. The Balaban J connectivity index is 2.19. The van der Waals surface area contributed by atoms with Crippen LogP contribution < -0.4 is 0 Å². The topological polar surface area (TPSA) is 74.7 Å². The van der Waals surface area contributed by atoms with Gasteiger partial charge in [-0.25, -0.2) is 8.42 Å². The molecule has 1 aliphatic heterocycles. The van der Waals surface area contributed by atoms with Gasteiger partial charge in [-0.3, -0.25) is 4.79 Å². The molecule has 1 aromatic rings. The predicted octanol–water partition coefficient (Wildman–Crippen LogP) is 0.746. The van der Waals surface area contributed by atoms with Crippen LogP contribution in [0.2, 0.25) is 0 Å². The van der Waals surface area contributed by atoms with Crippen LogP contribution >= 0.6 is 0 Å². The molecule has 1 N–H and O–H groups in total. The highest BCUT2D eigenvalue weighted by molar-refractivity contribution is 7.91. The highest BCUT2D eigenvalue weighted by atomic mass is 32.2. The predicted molar refractivity (Wildman–Crippen MR) is 61.1 cm³/mol. The summed E-state index contributed by atoms with van der Waals surface area (Å²) in [7, 11) is -3.50. The summed E-state index contributed by atoms with van der Waals surface area (Å²) < 4.78 is 23.9. The highest BCUT2D eigenvalue weighted by Gasteiger charge is 2.26. The Hall–Kier alpha value is -1.56. The molecule has 0 aromatic heterocycles. The van der Waals surface area contributed by atoms with Gasteiger partial charge in [0.2, 0.25) is 5.91 Å². The molecule has 17 heavy (non-hydrogen) atoms. The van der Waals surface area contributed by atoms with Gasteiger partial charge in [-0.2, -0.15) is 0 Å². The van der Waals surface area contributed by atoms with E-state index < -0.39 is 9.84 Å². The van der Waals surface area contributed by atoms with Crippen molar-refractivity contribution in [1.82, 2.24) is 4.90 Å². The monoisotopic (exact) mass is 255 g/mol. The Kier molecular flexibility index (Phi) is 3.06. The molecule has 0 unspecified atom stereocenters. The Bertz CT molecular complexity index is 521. The number of benzene rings is 1. The van der Waals surface area contributed by atoms with Crippen LogP contribution in [0, 0.1) is 0 Å². The molecule has 0 bridgehead atoms. The number of nitrogens with zero attached hydrogens (tertiary/aromatic N) is 1. The fourth-order valence-corrected chi connectivity index (χ4v) is 3.16. The van der Waals surface area contributed by atoms with Gasteiger partial charge in [-0.05, 0) is 30.7 Å². The van der Waals surface area contributed by atoms with Gasteiger partial charge in [0.05, 0.1) is 4.90 Å². The van der Waals surface area contributed by atoms with Crippen LogP contribution in [0.3, 0.4) is 0 Å². The number of amides is 1. The van der Waals surface area contributed by atoms with E-state index in [4.69, 9.17) is 5.11 Å². The quantitative estimate of drug-likeness (QED) is 0.864. The molecule has 2 rings (SSSR count). The van der Waals surface area contributed by atoms with Crippen molar-refractivity contribution in [3.63, 3.8) is 0 Å². The summed E-state index contributed by atoms with van der Waals surface area (Å²) in [5.41, 5.74) is 0. The van der Waals surface area contributed by atoms with Gasteiger partial charge in [0.1, 0.15) is 11.6 Å². The second-order valence-corrected chi connectivity index (χ2v) is 5.96. The molecule has 1 aromatic carbocycles. The largest absolute Gasteiger partial charge is 0.508 e. The molecular weight excluding hydrogens is 242 g/mol. The molecule has 0 spiro atoms. The third-order valence-corrected chi connectivity index (χ3v) is 4.34. The van der Waals surface area contributed by atoms with Crippen LogP contribution in [0.25, 0.3) is 0 Å². The van der Waals surface area contributed by atoms with Gasteiger partial charge in [0.25, 0.3) is 0 Å². The fraction of sp³-hybridized carbons (Fsp3) is 0.364. The summed E-state index contributed by atoms with van der Waals surface area (Å²) >= 11 is 0. The minimum absolute atomic E-state index is 0.0150. The second kappa shape index (κ2) is 4.37. The number of hydrogen-bond donors (Lipinski definition) is 1. The summed E-state index contributed by atoms with van der Waals surface area (Å²) in [5.74, 6) is -0.384. The zero-order chi connectivity index (χ0) is 12.5. The maximum absolute atomic E-state index is 12.0. The summed E-state index contributed by atoms with van der Waals surface area (Å²) in [6, 6.07) is 5.31. The molecule has 0 radical (unpaired) electrons. The van der Waals surface area contributed by atoms with Crippen LogP contribution in [0.1, 0.15) is 12.8 Å². The number of rotatable bonds is 3. The van der Waals surface area contributed by atoms with E-state index in [2.05, 4.69) is 0 Å². The number of carbonyl (C=O) groups is 1. The van der Waals surface area contributed by atoms with E-state index in [1.165, 1.54) is 29.2 Å². The summed E-state index contributed by atoms with van der Waals surface area (Å²) in [5, 5.41) is 9.09. The smallest absolute Gasteiger partial charge is 0.223 e. The van der Waals surface area contributed by atoms with E-state index in [1.807, 2.05) is 0 Å². The lowest BCUT2D eigenvalue weighted by Gasteiger charge is -2.15. The lowest BCUT2D eigenvalue weighted by atomic mass is 10.3. The van der Waals surface area contributed by atoms with Crippen molar-refractivity contribution >= 4 is 15.7 Å². The summed E-state index contributed by atoms with van der Waals surface area (Å²) in [6.45, 7) is 0.496. The Morgan fingerprint density at radius 2 is 1.88 bits per heavy atom. The van der Waals surface area contributed by atoms with Crippen molar-refractivity contribution in [3.05, 3.63) is 24.3 Å². The first-order chi connectivity index (χ1) is 7.99. The molecule has 1 fully saturated rings. The maximum atomic E-state index is 12.0. The molecule has 92 valence electrons. The van der Waals surface area contributed by atoms with E-state index in [-0.39, 0.29) is 22.4 Å². The van der Waals surface area contributed by atoms with Crippen molar-refractivity contribution in [2.75, 3.05) is 12.4 Å². The van der Waals surface area contributed by atoms with E-state index >= 15 is 0 Å². The third kappa shape index (κ3) is 2.58. The van der Waals surface area contributed by atoms with Crippen molar-refractivity contribution in [1.29, 1.82) is 0 Å². The zero-order valence-corrected chi connectivity index (χ0v) is 9.98. The first-order valence-electron chi connectivity index (χ1n) is 5.28. The van der Waals surface area contributed by atoms with E-state index in [0.717, 1.165) is 0 Å². The van der Waals surface area contributed by atoms with E-state index in [9.17, 15) is 13.2 Å². The molecule has 0 atom stereocenters. The van der Waals surface area contributed by atoms with Crippen molar-refractivity contribution in [2.45, 2.75) is 17.7 Å². The van der Waals surface area contributed by atoms with E-state index in [0.29, 0.717) is 19.4 Å². The van der Waals surface area contributed by atoms with Crippen LogP contribution in [-0.2, 0) is 14.6 Å². The third-order valence-electron chi connectivity index (χ3n) is 2.69. The number of aromatic hydroxyl groups is 1. The minimum atomic E-state index is -3.50. The molecule has 6 heteroatoms. The van der Waals surface area contributed by atoms with Gasteiger partial charge in [0.15, 0.2) is 9.84 Å². The average Bonchev–Trinajstić information content (AvgIpc) is 2.64. The molecule has 1 heterocycles. The Labute approximate surface area is 99.6 Å². The van der Waals surface area contributed by atoms with Crippen LogP contribution in [0.15, 0.2) is 29.2 Å². The zero-order valence-electron chi connectivity index (χ0n) is 9.17. The van der Waals surface area contributed by atoms with Crippen LogP contribution in [0.5, 0.6) is 5.75 Å². The average molecular weight is 255 g/mol. The standard InChI is InChI=1S/C11H13NO4S/c13-9-3-5-10(6-4-9)17(15,16)8-12-7-1-2-11(12)14/h3-6,13H,1-2,7-8H2. The van der Waals surface area contributed by atoms with Crippen molar-refractivity contribution < 1.29 is 18.3 Å². The minimum Gasteiger partial charge on any atom is -0.508 e. The number of phenolic OH excluding ortho intramolecular Hbond substituents is 1. The molecule has 0 saturated carbocycles. The summed E-state index contributed by atoms with van der Waals surface area (Å²) in [4.78, 5) is 12.8. The van der Waals surface area contributed by atoms with Crippen LogP contribution in [0.4, 0.5) is 0 Å². The molecule has 0 aliphatic carbocycles. The molecule has 1 aliphatic rings. The van der Waals surface area contributed by atoms with Gasteiger partial charge < -0.3 is 10.0 Å². The summed E-state index contributed by atoms with van der Waals surface area (Å²) in [6.07, 6.45) is 1.13. The SMILES string of the molecule is O=C1CCCN1CS(=O)(=O)c1ccc(O)cc1. The van der Waals surface area contributed by atoms with Crippen LogP contribution in [-0.4, -0.2) is 36.8 Å². The second-order valence-electron chi connectivity index (χ2n) is 4.00. The number of sulfone groups is 1. The first kappa shape index (κ1) is 11.9. The lowest BCUT2D eigenvalue weighted by molar-refractivity contribution is -0.126. The van der Waals surface area contributed by atoms with Gasteiger partial charge in [0, 0.05) is 13.0 Å². The van der Waals surface area contributed by atoms with Gasteiger partial charge in [-0.1, -0.05) is 0 Å². The molecule has 1 amide bonds. The number of likely N-dealkylation sites (tertiary alicyclic amines) is 1. The lowest BCUT2D eigenvalue weighted by Crippen LogP contribution is -2.30. The Morgan fingerprint density at radius 3 is 2.41 bits per heavy atom. The molecule has 1 saturated heterocycles. The maximum Gasteiger partial charge on any atom is 0.223 e. The van der Waals surface area contributed by atoms with E-state index in [1.54, 1.807) is 0 Å². The molecular formula is C11H13NO4S. The Morgan fingerprint density at radius 1 is 1.24 bits per heavy atom. The highest BCUT2D eigenvalue weighted by Crippen LogP contribution is 2.19. The number of phenols is 1. The van der Waals surface area contributed by atoms with Crippen molar-refractivity contribution in [3.8, 4) is 5.75 Å².